The van der Waals surface area contributed by atoms with Crippen molar-refractivity contribution in [1.82, 2.24) is 9.55 Å². The fourth-order valence-electron chi connectivity index (χ4n) is 3.01. The number of rotatable bonds is 4. The van der Waals surface area contributed by atoms with Gasteiger partial charge < -0.3 is 14.0 Å². The summed E-state index contributed by atoms with van der Waals surface area (Å²) < 4.78 is 13.5. The van der Waals surface area contributed by atoms with Gasteiger partial charge in [-0.3, -0.25) is 0 Å². The van der Waals surface area contributed by atoms with Crippen LogP contribution in [-0.4, -0.2) is 22.8 Å². The fraction of sp³-hybridized carbons (Fsp3) is 0.263. The number of aryl methyl sites for hydroxylation is 1. The number of ether oxygens (including phenoxy) is 2. The number of hydrogen-bond donors (Lipinski definition) is 0. The van der Waals surface area contributed by atoms with Crippen molar-refractivity contribution in [2.75, 3.05) is 13.2 Å². The first kappa shape index (κ1) is 14.6. The first-order chi connectivity index (χ1) is 11.9. The molecule has 120 valence electrons. The van der Waals surface area contributed by atoms with E-state index in [1.807, 2.05) is 30.3 Å². The molecular weight excluding hydrogens is 302 g/mol. The maximum absolute atomic E-state index is 8.84. The molecule has 0 spiro atoms. The number of nitriles is 1. The molecule has 3 aromatic rings. The van der Waals surface area contributed by atoms with Crippen molar-refractivity contribution < 1.29 is 9.47 Å². The highest BCUT2D eigenvalue weighted by atomic mass is 16.6. The van der Waals surface area contributed by atoms with Gasteiger partial charge in [-0.15, -0.1) is 0 Å². The van der Waals surface area contributed by atoms with E-state index in [1.54, 1.807) is 0 Å². The van der Waals surface area contributed by atoms with Crippen molar-refractivity contribution in [3.8, 4) is 29.0 Å². The molecule has 0 radical (unpaired) electrons. The van der Waals surface area contributed by atoms with Gasteiger partial charge in [-0.2, -0.15) is 5.26 Å². The predicted molar refractivity (Wildman–Crippen MR) is 91.0 cm³/mol. The molecule has 2 heterocycles. The molecule has 0 bridgehead atoms. The average molecular weight is 319 g/mol. The summed E-state index contributed by atoms with van der Waals surface area (Å²) in [6.45, 7) is 1.87. The van der Waals surface area contributed by atoms with E-state index in [1.165, 1.54) is 0 Å². The number of imidazole rings is 1. The summed E-state index contributed by atoms with van der Waals surface area (Å²) in [4.78, 5) is 4.81. The number of unbranched alkanes of at least 4 members (excludes halogenated alkanes) is 1. The monoisotopic (exact) mass is 319 g/mol. The molecule has 1 aliphatic heterocycles. The third kappa shape index (κ3) is 2.56. The van der Waals surface area contributed by atoms with Crippen LogP contribution in [0.1, 0.15) is 12.8 Å². The van der Waals surface area contributed by atoms with E-state index in [0.29, 0.717) is 19.6 Å². The van der Waals surface area contributed by atoms with Crippen LogP contribution < -0.4 is 9.47 Å². The summed E-state index contributed by atoms with van der Waals surface area (Å²) in [7, 11) is 0. The summed E-state index contributed by atoms with van der Waals surface area (Å²) in [5.41, 5.74) is 2.96. The van der Waals surface area contributed by atoms with Gasteiger partial charge in [0.25, 0.3) is 0 Å². The van der Waals surface area contributed by atoms with Gasteiger partial charge in [0.05, 0.1) is 17.1 Å². The molecule has 2 aromatic carbocycles. The predicted octanol–water partition coefficient (Wildman–Crippen LogP) is 3.78. The summed E-state index contributed by atoms with van der Waals surface area (Å²) in [5, 5.41) is 8.84. The molecule has 0 saturated carbocycles. The molecule has 0 aliphatic carbocycles. The Morgan fingerprint density at radius 1 is 1.08 bits per heavy atom. The zero-order chi connectivity index (χ0) is 16.4. The lowest BCUT2D eigenvalue weighted by molar-refractivity contribution is 0.172. The van der Waals surface area contributed by atoms with Crippen molar-refractivity contribution in [1.29, 1.82) is 5.26 Å². The number of fused-ring (bicyclic) bond motifs is 2. The summed E-state index contributed by atoms with van der Waals surface area (Å²) in [6.07, 6.45) is 1.31. The first-order valence-corrected chi connectivity index (χ1v) is 8.09. The van der Waals surface area contributed by atoms with E-state index >= 15 is 0 Å². The average Bonchev–Trinajstić information content (AvgIpc) is 2.98. The lowest BCUT2D eigenvalue weighted by Crippen LogP contribution is -2.15. The molecule has 4 rings (SSSR count). The molecule has 5 nitrogen and oxygen atoms in total. The number of hydrogen-bond acceptors (Lipinski definition) is 4. The Hall–Kier alpha value is -3.00. The van der Waals surface area contributed by atoms with Gasteiger partial charge in [-0.05, 0) is 6.42 Å². The molecule has 1 aliphatic rings. The molecule has 0 fully saturated rings. The summed E-state index contributed by atoms with van der Waals surface area (Å²) in [5.74, 6) is 2.41. The van der Waals surface area contributed by atoms with Crippen LogP contribution in [0.3, 0.4) is 0 Å². The minimum atomic E-state index is 0.526. The SMILES string of the molecule is N#CCCCn1c(-c2ccccc2)nc2cc3c(cc21)OCCO3. The van der Waals surface area contributed by atoms with Crippen molar-refractivity contribution in [3.05, 3.63) is 42.5 Å². The maximum Gasteiger partial charge on any atom is 0.163 e. The van der Waals surface area contributed by atoms with Crippen LogP contribution in [0, 0.1) is 11.3 Å². The molecule has 0 N–H and O–H groups in total. The molecule has 5 heteroatoms. The number of aromatic nitrogens is 2. The zero-order valence-electron chi connectivity index (χ0n) is 13.2. The highest BCUT2D eigenvalue weighted by Gasteiger charge is 2.18. The Morgan fingerprint density at radius 3 is 2.58 bits per heavy atom. The van der Waals surface area contributed by atoms with Gasteiger partial charge in [0.2, 0.25) is 0 Å². The normalized spacial score (nSPS) is 13.0. The topological polar surface area (TPSA) is 60.1 Å². The Kier molecular flexibility index (Phi) is 3.80. The highest BCUT2D eigenvalue weighted by molar-refractivity contribution is 5.84. The van der Waals surface area contributed by atoms with Crippen LogP contribution in [0.4, 0.5) is 0 Å². The van der Waals surface area contributed by atoms with Crippen LogP contribution in [0.25, 0.3) is 22.4 Å². The minimum Gasteiger partial charge on any atom is -0.486 e. The summed E-state index contributed by atoms with van der Waals surface area (Å²) >= 11 is 0. The Morgan fingerprint density at radius 2 is 1.83 bits per heavy atom. The van der Waals surface area contributed by atoms with Crippen LogP contribution >= 0.6 is 0 Å². The largest absolute Gasteiger partial charge is 0.486 e. The second-order valence-corrected chi connectivity index (χ2v) is 5.70. The van der Waals surface area contributed by atoms with Gasteiger partial charge in [-0.1, -0.05) is 30.3 Å². The van der Waals surface area contributed by atoms with Crippen molar-refractivity contribution in [2.45, 2.75) is 19.4 Å². The van der Waals surface area contributed by atoms with E-state index < -0.39 is 0 Å². The Balaban J connectivity index is 1.87. The maximum atomic E-state index is 8.84. The quantitative estimate of drug-likeness (QED) is 0.687. The minimum absolute atomic E-state index is 0.526. The molecule has 0 atom stereocenters. The van der Waals surface area contributed by atoms with Gasteiger partial charge in [0, 0.05) is 30.7 Å². The molecule has 0 unspecified atom stereocenters. The van der Waals surface area contributed by atoms with Crippen molar-refractivity contribution in [2.24, 2.45) is 0 Å². The highest BCUT2D eigenvalue weighted by Crippen LogP contribution is 2.36. The van der Waals surface area contributed by atoms with E-state index in [9.17, 15) is 0 Å². The van der Waals surface area contributed by atoms with Crippen LogP contribution in [0.5, 0.6) is 11.5 Å². The van der Waals surface area contributed by atoms with Crippen LogP contribution in [0.2, 0.25) is 0 Å². The van der Waals surface area contributed by atoms with E-state index in [2.05, 4.69) is 22.8 Å². The zero-order valence-corrected chi connectivity index (χ0v) is 13.2. The standard InChI is InChI=1S/C19H17N3O2/c20-8-4-5-9-22-16-13-18-17(23-10-11-24-18)12-15(16)21-19(22)14-6-2-1-3-7-14/h1-3,6-7,12-13H,4-5,9-11H2. The lowest BCUT2D eigenvalue weighted by Gasteiger charge is -2.18. The van der Waals surface area contributed by atoms with Crippen molar-refractivity contribution in [3.63, 3.8) is 0 Å². The van der Waals surface area contributed by atoms with Crippen molar-refractivity contribution >= 4 is 11.0 Å². The number of benzene rings is 2. The Labute approximate surface area is 140 Å². The van der Waals surface area contributed by atoms with Crippen LogP contribution in [-0.2, 0) is 6.54 Å². The third-order valence-corrected chi connectivity index (χ3v) is 4.11. The number of nitrogens with zero attached hydrogens (tertiary/aromatic N) is 3. The molecule has 0 saturated heterocycles. The van der Waals surface area contributed by atoms with Crippen LogP contribution in [0.15, 0.2) is 42.5 Å². The smallest absolute Gasteiger partial charge is 0.163 e. The molecule has 24 heavy (non-hydrogen) atoms. The van der Waals surface area contributed by atoms with Gasteiger partial charge in [-0.25, -0.2) is 4.98 Å². The molecular formula is C19H17N3O2. The second-order valence-electron chi connectivity index (χ2n) is 5.70. The van der Waals surface area contributed by atoms with Gasteiger partial charge in [0.1, 0.15) is 19.0 Å². The van der Waals surface area contributed by atoms with E-state index in [0.717, 1.165) is 46.9 Å². The fourth-order valence-corrected chi connectivity index (χ4v) is 3.01. The summed E-state index contributed by atoms with van der Waals surface area (Å²) in [6, 6.07) is 16.3. The molecule has 0 amide bonds. The van der Waals surface area contributed by atoms with E-state index in [4.69, 9.17) is 19.7 Å². The lowest BCUT2D eigenvalue weighted by atomic mass is 10.2. The molecule has 1 aromatic heterocycles. The first-order valence-electron chi connectivity index (χ1n) is 8.09. The van der Waals surface area contributed by atoms with Gasteiger partial charge in [0.15, 0.2) is 11.5 Å². The van der Waals surface area contributed by atoms with E-state index in [-0.39, 0.29) is 0 Å². The van der Waals surface area contributed by atoms with Gasteiger partial charge >= 0.3 is 0 Å². The third-order valence-electron chi connectivity index (χ3n) is 4.11. The second kappa shape index (κ2) is 6.25. The Bertz CT molecular complexity index is 910.